The fraction of sp³-hybridized carbons (Fsp3) is 0. The van der Waals surface area contributed by atoms with Crippen molar-refractivity contribution in [3.8, 4) is 33.9 Å². The van der Waals surface area contributed by atoms with Gasteiger partial charge in [-0.3, -0.25) is 0 Å². The zero-order valence-electron chi connectivity index (χ0n) is 48.4. The van der Waals surface area contributed by atoms with Gasteiger partial charge >= 0.3 is 0 Å². The van der Waals surface area contributed by atoms with Gasteiger partial charge in [-0.25, -0.2) is 0 Å². The molecule has 14 aromatic carbocycles. The number of benzene rings is 14. The van der Waals surface area contributed by atoms with Crippen LogP contribution in [-0.2, 0) is 0 Å². The van der Waals surface area contributed by atoms with Gasteiger partial charge in [0.05, 0.1) is 77.2 Å². The lowest BCUT2D eigenvalue weighted by atomic mass is 10.0. The second-order valence-electron chi connectivity index (χ2n) is 24.8. The Morgan fingerprint density at radius 1 is 0.144 bits per heavy atom. The molecule has 6 heteroatoms. The van der Waals surface area contributed by atoms with Gasteiger partial charge in [0.15, 0.2) is 0 Å². The summed E-state index contributed by atoms with van der Waals surface area (Å²) in [6.07, 6.45) is 0. The second kappa shape index (κ2) is 16.9. The van der Waals surface area contributed by atoms with Crippen molar-refractivity contribution in [2.24, 2.45) is 0 Å². The molecule has 0 amide bonds. The van der Waals surface area contributed by atoms with Crippen LogP contribution in [0.2, 0.25) is 0 Å². The first-order chi connectivity index (χ1) is 44.7. The van der Waals surface area contributed by atoms with Gasteiger partial charge in [-0.05, 0) is 139 Å². The normalized spacial score (nSPS) is 12.7. The molecule has 0 saturated heterocycles. The largest absolute Gasteiger partial charge is 0.309 e. The van der Waals surface area contributed by atoms with E-state index in [-0.39, 0.29) is 0 Å². The third-order valence-corrected chi connectivity index (χ3v) is 20.4. The molecule has 90 heavy (non-hydrogen) atoms. The first-order valence-corrected chi connectivity index (χ1v) is 31.2. The summed E-state index contributed by atoms with van der Waals surface area (Å²) in [5.41, 5.74) is 23.9. The van der Waals surface area contributed by atoms with Crippen molar-refractivity contribution in [1.29, 1.82) is 0 Å². The number of fused-ring (bicyclic) bond motifs is 24. The SMILES string of the molecule is c1ccc(-n2c3ccccc3c3cc4c(cc32)c2cccc3c5cc6c(cc5n4c23)c2ccccc2n6-c2cccc(-c3ccc4c(c3)c3cc5c6cccc7c8cc9c%10ccccc%10n(-c%10ccccc%10)c9cc8n(c5cc3n4-c3ccccc3)c76)c2)cc1. The highest BCUT2D eigenvalue weighted by Crippen LogP contribution is 2.48. The van der Waals surface area contributed by atoms with E-state index in [1.807, 2.05) is 0 Å². The monoisotopic (exact) mass is 1140 g/mol. The third kappa shape index (κ3) is 5.93. The lowest BCUT2D eigenvalue weighted by molar-refractivity contribution is 1.18. The Bertz CT molecular complexity index is 6870. The molecule has 0 aliphatic carbocycles. The van der Waals surface area contributed by atoms with Crippen molar-refractivity contribution in [1.82, 2.24) is 27.1 Å². The summed E-state index contributed by atoms with van der Waals surface area (Å²) in [5, 5.41) is 20.1. The molecule has 0 unspecified atom stereocenters. The van der Waals surface area contributed by atoms with Gasteiger partial charge < -0.3 is 27.1 Å². The lowest BCUT2D eigenvalue weighted by Gasteiger charge is -2.11. The summed E-state index contributed by atoms with van der Waals surface area (Å²) in [7, 11) is 0. The van der Waals surface area contributed by atoms with Gasteiger partial charge in [-0.1, -0.05) is 164 Å². The minimum atomic E-state index is 1.13. The number of nitrogens with zero attached hydrogens (tertiary/aromatic N) is 6. The van der Waals surface area contributed by atoms with Crippen LogP contribution in [0.5, 0.6) is 0 Å². The van der Waals surface area contributed by atoms with E-state index in [9.17, 15) is 0 Å². The molecule has 0 N–H and O–H groups in total. The zero-order chi connectivity index (χ0) is 58.2. The van der Waals surface area contributed by atoms with Crippen molar-refractivity contribution >= 4 is 163 Å². The topological polar surface area (TPSA) is 28.5 Å². The molecule has 8 aromatic heterocycles. The van der Waals surface area contributed by atoms with E-state index in [1.165, 1.54) is 180 Å². The average Bonchev–Trinajstić information content (AvgIpc) is 1.54. The first kappa shape index (κ1) is 47.1. The van der Waals surface area contributed by atoms with Crippen LogP contribution in [-0.4, -0.2) is 27.1 Å². The quantitative estimate of drug-likeness (QED) is 0.164. The molecular formula is C84H48N6. The average molecular weight is 1140 g/mol. The molecule has 6 nitrogen and oxygen atoms in total. The maximum atomic E-state index is 2.55. The molecule has 0 radical (unpaired) electrons. The summed E-state index contributed by atoms with van der Waals surface area (Å²) in [6, 6.07) is 109. The molecule has 0 fully saturated rings. The minimum absolute atomic E-state index is 1.13. The molecule has 0 aliphatic rings. The van der Waals surface area contributed by atoms with Crippen molar-refractivity contribution in [3.63, 3.8) is 0 Å². The van der Waals surface area contributed by atoms with E-state index in [4.69, 9.17) is 0 Å². The third-order valence-electron chi connectivity index (χ3n) is 20.4. The van der Waals surface area contributed by atoms with Crippen LogP contribution < -0.4 is 0 Å². The van der Waals surface area contributed by atoms with Crippen LogP contribution in [0.1, 0.15) is 0 Å². The first-order valence-electron chi connectivity index (χ1n) is 31.2. The Kier molecular flexibility index (Phi) is 8.84. The molecule has 22 aromatic rings. The fourth-order valence-corrected chi connectivity index (χ4v) is 16.7. The molecule has 0 atom stereocenters. The maximum absolute atomic E-state index is 2.55. The van der Waals surface area contributed by atoms with Crippen LogP contribution in [0, 0.1) is 0 Å². The number of para-hydroxylation sites is 8. The van der Waals surface area contributed by atoms with Crippen LogP contribution in [0.25, 0.3) is 197 Å². The Labute approximate surface area is 512 Å². The predicted molar refractivity (Wildman–Crippen MR) is 379 cm³/mol. The molecule has 0 aliphatic heterocycles. The summed E-state index contributed by atoms with van der Waals surface area (Å²) in [6.45, 7) is 0. The van der Waals surface area contributed by atoms with Crippen molar-refractivity contribution in [2.75, 3.05) is 0 Å². The summed E-state index contributed by atoms with van der Waals surface area (Å²) >= 11 is 0. The fourth-order valence-electron chi connectivity index (χ4n) is 16.7. The van der Waals surface area contributed by atoms with E-state index in [0.29, 0.717) is 0 Å². The van der Waals surface area contributed by atoms with E-state index in [0.717, 1.165) is 17.1 Å². The Morgan fingerprint density at radius 3 is 0.900 bits per heavy atom. The molecular weight excluding hydrogens is 1090 g/mol. The second-order valence-corrected chi connectivity index (χ2v) is 24.8. The summed E-state index contributed by atoms with van der Waals surface area (Å²) in [5.74, 6) is 0. The van der Waals surface area contributed by atoms with Crippen molar-refractivity contribution < 1.29 is 0 Å². The van der Waals surface area contributed by atoms with Crippen LogP contribution in [0.3, 0.4) is 0 Å². The Balaban J connectivity index is 0.737. The summed E-state index contributed by atoms with van der Waals surface area (Å²) < 4.78 is 14.9. The molecule has 414 valence electrons. The van der Waals surface area contributed by atoms with E-state index in [1.54, 1.807) is 0 Å². The smallest absolute Gasteiger partial charge is 0.0620 e. The van der Waals surface area contributed by atoms with Crippen molar-refractivity contribution in [2.45, 2.75) is 0 Å². The van der Waals surface area contributed by atoms with Crippen molar-refractivity contribution in [3.05, 3.63) is 291 Å². The van der Waals surface area contributed by atoms with Gasteiger partial charge in [0.1, 0.15) is 0 Å². The molecule has 0 spiro atoms. The highest BCUT2D eigenvalue weighted by Gasteiger charge is 2.26. The van der Waals surface area contributed by atoms with Gasteiger partial charge in [-0.15, -0.1) is 0 Å². The van der Waals surface area contributed by atoms with Gasteiger partial charge in [-0.2, -0.15) is 0 Å². The Hall–Kier alpha value is -12.1. The van der Waals surface area contributed by atoms with E-state index < -0.39 is 0 Å². The van der Waals surface area contributed by atoms with Crippen LogP contribution in [0.4, 0.5) is 0 Å². The molecule has 8 heterocycles. The lowest BCUT2D eigenvalue weighted by Crippen LogP contribution is -1.95. The number of rotatable bonds is 5. The number of hydrogen-bond acceptors (Lipinski definition) is 0. The van der Waals surface area contributed by atoms with Crippen LogP contribution >= 0.6 is 0 Å². The highest BCUT2D eigenvalue weighted by atomic mass is 15.0. The van der Waals surface area contributed by atoms with Gasteiger partial charge in [0, 0.05) is 109 Å². The molecule has 22 rings (SSSR count). The molecule has 0 saturated carbocycles. The summed E-state index contributed by atoms with van der Waals surface area (Å²) in [4.78, 5) is 0. The minimum Gasteiger partial charge on any atom is -0.309 e. The Morgan fingerprint density at radius 2 is 0.433 bits per heavy atom. The number of aromatic nitrogens is 6. The number of hydrogen-bond donors (Lipinski definition) is 0. The molecule has 0 bridgehead atoms. The highest BCUT2D eigenvalue weighted by molar-refractivity contribution is 6.30. The predicted octanol–water partition coefficient (Wildman–Crippen LogP) is 22.0. The van der Waals surface area contributed by atoms with Crippen LogP contribution in [0.15, 0.2) is 291 Å². The van der Waals surface area contributed by atoms with E-state index >= 15 is 0 Å². The van der Waals surface area contributed by atoms with Gasteiger partial charge in [0.2, 0.25) is 0 Å². The van der Waals surface area contributed by atoms with Gasteiger partial charge in [0.25, 0.3) is 0 Å². The maximum Gasteiger partial charge on any atom is 0.0620 e. The zero-order valence-corrected chi connectivity index (χ0v) is 48.4. The standard InChI is InChI=1S/C84H48N6/c1-4-20-51(21-5-1)85-72-35-14-11-28-56(72)67-43-77-69(45-75(67)85)60-32-18-33-61-70-46-76-68(44-78(70)89(77)84(60)61)57-29-12-15-36-73(57)88(76)54-26-16-19-49(39-54)50-37-38-74-62(40-50)66-42-65-59-31-17-30-58-64-41-63-55-27-10-13-34-71(55)86(52-22-6-2-7-23-52)79(63)47-81(64)90(83(58)59)82(65)48-80(66)87(74)53-24-8-3-9-25-53/h1-48H. The van der Waals surface area contributed by atoms with E-state index in [2.05, 4.69) is 318 Å².